The summed E-state index contributed by atoms with van der Waals surface area (Å²) in [5.74, 6) is 0.0173. The maximum atomic E-state index is 12.8. The van der Waals surface area contributed by atoms with Gasteiger partial charge >= 0.3 is 0 Å². The Morgan fingerprint density at radius 3 is 2.59 bits per heavy atom. The van der Waals surface area contributed by atoms with E-state index in [9.17, 15) is 9.59 Å². The van der Waals surface area contributed by atoms with E-state index < -0.39 is 6.04 Å². The molecule has 2 aromatic carbocycles. The molecule has 0 spiro atoms. The van der Waals surface area contributed by atoms with Crippen LogP contribution in [0.1, 0.15) is 36.1 Å². The van der Waals surface area contributed by atoms with Crippen LogP contribution >= 0.6 is 62.2 Å². The van der Waals surface area contributed by atoms with Crippen LogP contribution < -0.4 is 10.6 Å². The van der Waals surface area contributed by atoms with Crippen LogP contribution in [0.4, 0.5) is 5.13 Å². The number of thioether (sulfide) groups is 1. The molecule has 0 radical (unpaired) electrons. The van der Waals surface area contributed by atoms with Crippen molar-refractivity contribution in [3.63, 3.8) is 0 Å². The molecule has 8 nitrogen and oxygen atoms in total. The first-order chi connectivity index (χ1) is 17.7. The molecule has 13 heteroatoms. The van der Waals surface area contributed by atoms with Gasteiger partial charge in [0.25, 0.3) is 5.91 Å². The van der Waals surface area contributed by atoms with Crippen molar-refractivity contribution < 1.29 is 9.59 Å². The standard InChI is InChI=1S/C24H21BrCl2N6O2S2/c1-12(2)20(30-22(35)16-8-7-15(26)9-17(16)27)21-31-24(33-32-21)37-11-19(34)29-23-28-18(10-36-23)13-3-5-14(25)6-4-13/h3-10,12,20H,11H2,1-2H3,(H,30,35)(H,28,29,34)(H,31,32,33)/t20-/m1/s1. The van der Waals surface area contributed by atoms with Crippen LogP contribution in [-0.4, -0.2) is 37.7 Å². The number of aromatic amines is 1. The zero-order valence-electron chi connectivity index (χ0n) is 19.6. The van der Waals surface area contributed by atoms with Crippen molar-refractivity contribution in [3.8, 4) is 11.3 Å². The van der Waals surface area contributed by atoms with E-state index in [1.54, 1.807) is 12.1 Å². The minimum atomic E-state index is -0.442. The molecule has 3 N–H and O–H groups in total. The molecule has 0 bridgehead atoms. The number of thiazole rings is 1. The van der Waals surface area contributed by atoms with Gasteiger partial charge < -0.3 is 10.6 Å². The highest BCUT2D eigenvalue weighted by atomic mass is 79.9. The molecule has 4 rings (SSSR count). The molecular formula is C24H21BrCl2N6O2S2. The number of hydrogen-bond donors (Lipinski definition) is 3. The summed E-state index contributed by atoms with van der Waals surface area (Å²) in [6, 6.07) is 12.0. The Morgan fingerprint density at radius 1 is 1.14 bits per heavy atom. The largest absolute Gasteiger partial charge is 0.342 e. The van der Waals surface area contributed by atoms with Crippen LogP contribution in [-0.2, 0) is 4.79 Å². The number of halogens is 3. The number of nitrogens with zero attached hydrogens (tertiary/aromatic N) is 3. The second-order valence-corrected chi connectivity index (χ2v) is 11.8. The van der Waals surface area contributed by atoms with Gasteiger partial charge in [0.2, 0.25) is 11.1 Å². The molecule has 2 aromatic heterocycles. The van der Waals surface area contributed by atoms with Crippen LogP contribution in [0, 0.1) is 5.92 Å². The van der Waals surface area contributed by atoms with Crippen LogP contribution in [0.25, 0.3) is 11.3 Å². The van der Waals surface area contributed by atoms with E-state index in [1.165, 1.54) is 29.2 Å². The van der Waals surface area contributed by atoms with E-state index in [0.29, 0.717) is 26.7 Å². The van der Waals surface area contributed by atoms with Crippen molar-refractivity contribution >= 4 is 79.2 Å². The first-order valence-electron chi connectivity index (χ1n) is 11.0. The minimum Gasteiger partial charge on any atom is -0.342 e. The Labute approximate surface area is 240 Å². The monoisotopic (exact) mass is 638 g/mol. The third-order valence-electron chi connectivity index (χ3n) is 5.13. The molecule has 37 heavy (non-hydrogen) atoms. The predicted molar refractivity (Wildman–Crippen MR) is 152 cm³/mol. The summed E-state index contributed by atoms with van der Waals surface area (Å²) in [4.78, 5) is 34.2. The number of H-pyrrole nitrogens is 1. The van der Waals surface area contributed by atoms with E-state index in [2.05, 4.69) is 46.7 Å². The topological polar surface area (TPSA) is 113 Å². The number of aromatic nitrogens is 4. The van der Waals surface area contributed by atoms with Gasteiger partial charge in [-0.15, -0.1) is 16.4 Å². The molecule has 0 aliphatic carbocycles. The van der Waals surface area contributed by atoms with Gasteiger partial charge in [0.1, 0.15) is 5.82 Å². The SMILES string of the molecule is CC(C)[C@@H](NC(=O)c1ccc(Cl)cc1Cl)c1nc(SCC(=O)Nc2nc(-c3ccc(Br)cc3)cs2)n[nH]1. The molecule has 2 amide bonds. The fourth-order valence-corrected chi connectivity index (χ4v) is 5.37. The Hall–Kier alpha value is -2.44. The number of nitrogens with one attached hydrogen (secondary N) is 3. The molecule has 1 atom stereocenters. The molecule has 0 saturated heterocycles. The van der Waals surface area contributed by atoms with Crippen molar-refractivity contribution in [2.75, 3.05) is 11.1 Å². The number of carbonyl (C=O) groups excluding carboxylic acids is 2. The lowest BCUT2D eigenvalue weighted by molar-refractivity contribution is -0.113. The summed E-state index contributed by atoms with van der Waals surface area (Å²) in [5, 5.41) is 16.3. The normalized spacial score (nSPS) is 11.9. The third-order valence-corrected chi connectivity index (χ3v) is 7.81. The highest BCUT2D eigenvalue weighted by Gasteiger charge is 2.24. The van der Waals surface area contributed by atoms with Gasteiger partial charge in [-0.2, -0.15) is 0 Å². The molecule has 192 valence electrons. The van der Waals surface area contributed by atoms with Crippen LogP contribution in [0.2, 0.25) is 10.0 Å². The van der Waals surface area contributed by atoms with Gasteiger partial charge in [-0.25, -0.2) is 9.97 Å². The van der Waals surface area contributed by atoms with Gasteiger partial charge in [-0.1, -0.05) is 76.9 Å². The fraction of sp³-hybridized carbons (Fsp3) is 0.208. The van der Waals surface area contributed by atoms with Gasteiger partial charge in [0.15, 0.2) is 5.13 Å². The summed E-state index contributed by atoms with van der Waals surface area (Å²) < 4.78 is 0.986. The van der Waals surface area contributed by atoms with E-state index in [4.69, 9.17) is 23.2 Å². The fourth-order valence-electron chi connectivity index (χ4n) is 3.27. The Morgan fingerprint density at radius 2 is 1.89 bits per heavy atom. The summed E-state index contributed by atoms with van der Waals surface area (Å²) in [6.07, 6.45) is 0. The van der Waals surface area contributed by atoms with Crippen molar-refractivity contribution in [2.45, 2.75) is 25.0 Å². The van der Waals surface area contributed by atoms with Crippen molar-refractivity contribution in [1.29, 1.82) is 0 Å². The molecule has 4 aromatic rings. The second kappa shape index (κ2) is 12.4. The average Bonchev–Trinajstić information content (AvgIpc) is 3.51. The summed E-state index contributed by atoms with van der Waals surface area (Å²) in [6.45, 7) is 3.90. The molecule has 0 fully saturated rings. The van der Waals surface area contributed by atoms with Crippen molar-refractivity contribution in [2.24, 2.45) is 5.92 Å². The Bertz CT molecular complexity index is 1410. The van der Waals surface area contributed by atoms with Crippen LogP contribution in [0.3, 0.4) is 0 Å². The Balaban J connectivity index is 1.34. The predicted octanol–water partition coefficient (Wildman–Crippen LogP) is 6.86. The lowest BCUT2D eigenvalue weighted by atomic mass is 10.0. The zero-order valence-corrected chi connectivity index (χ0v) is 24.3. The molecule has 0 aliphatic heterocycles. The molecule has 2 heterocycles. The molecule has 0 unspecified atom stereocenters. The second-order valence-electron chi connectivity index (χ2n) is 8.20. The molecule has 0 aliphatic rings. The smallest absolute Gasteiger partial charge is 0.253 e. The highest BCUT2D eigenvalue weighted by molar-refractivity contribution is 9.10. The summed E-state index contributed by atoms with van der Waals surface area (Å²) >= 11 is 18.1. The van der Waals surface area contributed by atoms with Crippen LogP contribution in [0.15, 0.2) is 57.5 Å². The van der Waals surface area contributed by atoms with E-state index in [-0.39, 0.29) is 28.5 Å². The number of anilines is 1. The van der Waals surface area contributed by atoms with E-state index in [0.717, 1.165) is 15.7 Å². The summed E-state index contributed by atoms with van der Waals surface area (Å²) in [5.41, 5.74) is 2.07. The number of benzene rings is 2. The maximum absolute atomic E-state index is 12.8. The Kier molecular flexibility index (Phi) is 9.25. The van der Waals surface area contributed by atoms with Gasteiger partial charge in [0, 0.05) is 20.4 Å². The number of amides is 2. The van der Waals surface area contributed by atoms with E-state index >= 15 is 0 Å². The van der Waals surface area contributed by atoms with Gasteiger partial charge in [0.05, 0.1) is 28.1 Å². The minimum absolute atomic E-state index is 0.00829. The number of rotatable bonds is 9. The van der Waals surface area contributed by atoms with Crippen molar-refractivity contribution in [3.05, 3.63) is 73.8 Å². The van der Waals surface area contributed by atoms with Gasteiger partial charge in [-0.3, -0.25) is 14.7 Å². The summed E-state index contributed by atoms with van der Waals surface area (Å²) in [7, 11) is 0. The number of hydrogen-bond acceptors (Lipinski definition) is 7. The van der Waals surface area contributed by atoms with Gasteiger partial charge in [-0.05, 0) is 36.2 Å². The third kappa shape index (κ3) is 7.32. The van der Waals surface area contributed by atoms with E-state index in [1.807, 2.05) is 43.5 Å². The molecular weight excluding hydrogens is 619 g/mol. The lowest BCUT2D eigenvalue weighted by Crippen LogP contribution is -2.32. The number of carbonyl (C=O) groups is 2. The maximum Gasteiger partial charge on any atom is 0.253 e. The average molecular weight is 640 g/mol. The quantitative estimate of drug-likeness (QED) is 0.173. The van der Waals surface area contributed by atoms with Crippen molar-refractivity contribution in [1.82, 2.24) is 25.5 Å². The van der Waals surface area contributed by atoms with Crippen LogP contribution in [0.5, 0.6) is 0 Å². The highest BCUT2D eigenvalue weighted by Crippen LogP contribution is 2.27. The first-order valence-corrected chi connectivity index (χ1v) is 14.4. The lowest BCUT2D eigenvalue weighted by Gasteiger charge is -2.20. The first kappa shape index (κ1) is 27.6. The molecule has 0 saturated carbocycles. The zero-order chi connectivity index (χ0) is 26.5.